The summed E-state index contributed by atoms with van der Waals surface area (Å²) < 4.78 is 14.2. The molecule has 2 aliphatic heterocycles. The summed E-state index contributed by atoms with van der Waals surface area (Å²) in [6.45, 7) is 2.42. The molecular weight excluding hydrogens is 485 g/mol. The van der Waals surface area contributed by atoms with Crippen molar-refractivity contribution in [2.45, 2.75) is 4.90 Å². The Morgan fingerprint density at radius 3 is 2.49 bits per heavy atom. The fourth-order valence-corrected chi connectivity index (χ4v) is 5.51. The molecule has 0 N–H and O–H groups in total. The maximum Gasteiger partial charge on any atom is 0.265 e. The number of piperazine rings is 1. The first-order chi connectivity index (χ1) is 17.0. The Kier molecular flexibility index (Phi) is 6.79. The molecule has 8 heteroatoms. The summed E-state index contributed by atoms with van der Waals surface area (Å²) in [6, 6.07) is 21.5. The van der Waals surface area contributed by atoms with Crippen LogP contribution >= 0.6 is 23.4 Å². The Balaban J connectivity index is 1.33. The van der Waals surface area contributed by atoms with E-state index in [9.17, 15) is 14.0 Å². The highest BCUT2D eigenvalue weighted by atomic mass is 35.5. The number of hydrogen-bond donors (Lipinski definition) is 0. The van der Waals surface area contributed by atoms with Crippen molar-refractivity contribution in [2.24, 2.45) is 0 Å². The number of carbonyl (C=O) groups excluding carboxylic acids is 2. The van der Waals surface area contributed by atoms with E-state index in [1.807, 2.05) is 48.5 Å². The van der Waals surface area contributed by atoms with Crippen LogP contribution in [-0.2, 0) is 9.59 Å². The average Bonchev–Trinajstić information content (AvgIpc) is 2.88. The standard InChI is InChI=1S/C27H23ClFN3O2S/c28-20-7-5-8-21(17-20)30-12-14-31(15-13-30)26(33)18-32-23-10-3-4-11-24(23)35-25(27(32)34)16-19-6-1-2-9-22(19)29/h1-11,16-17H,12-15,18H2. The van der Waals surface area contributed by atoms with Gasteiger partial charge in [0.15, 0.2) is 0 Å². The molecule has 0 spiro atoms. The molecule has 3 aromatic rings. The summed E-state index contributed by atoms with van der Waals surface area (Å²) in [5.74, 6) is -0.814. The van der Waals surface area contributed by atoms with E-state index in [2.05, 4.69) is 4.90 Å². The highest BCUT2D eigenvalue weighted by Gasteiger charge is 2.32. The number of fused-ring (bicyclic) bond motifs is 1. The minimum Gasteiger partial charge on any atom is -0.368 e. The van der Waals surface area contributed by atoms with E-state index in [1.54, 1.807) is 29.2 Å². The van der Waals surface area contributed by atoms with Crippen LogP contribution in [0.3, 0.4) is 0 Å². The summed E-state index contributed by atoms with van der Waals surface area (Å²) in [5.41, 5.74) is 2.06. The molecule has 5 rings (SSSR count). The number of nitrogens with zero attached hydrogens (tertiary/aromatic N) is 3. The van der Waals surface area contributed by atoms with Gasteiger partial charge in [-0.3, -0.25) is 14.5 Å². The second-order valence-electron chi connectivity index (χ2n) is 8.34. The van der Waals surface area contributed by atoms with Gasteiger partial charge in [-0.1, -0.05) is 59.8 Å². The Hall–Kier alpha value is -3.29. The van der Waals surface area contributed by atoms with E-state index < -0.39 is 5.82 Å². The quantitative estimate of drug-likeness (QED) is 0.449. The lowest BCUT2D eigenvalue weighted by atomic mass is 10.2. The van der Waals surface area contributed by atoms with Gasteiger partial charge in [-0.2, -0.15) is 0 Å². The van der Waals surface area contributed by atoms with Crippen LogP contribution in [0.4, 0.5) is 15.8 Å². The zero-order valence-corrected chi connectivity index (χ0v) is 20.4. The summed E-state index contributed by atoms with van der Waals surface area (Å²) in [6.07, 6.45) is 1.56. The molecule has 178 valence electrons. The fraction of sp³-hybridized carbons (Fsp3) is 0.185. The monoisotopic (exact) mass is 507 g/mol. The zero-order chi connectivity index (χ0) is 24.4. The van der Waals surface area contributed by atoms with Crippen molar-refractivity contribution < 1.29 is 14.0 Å². The highest BCUT2D eigenvalue weighted by Crippen LogP contribution is 2.42. The summed E-state index contributed by atoms with van der Waals surface area (Å²) in [4.78, 5) is 33.4. The lowest BCUT2D eigenvalue weighted by Crippen LogP contribution is -2.52. The third kappa shape index (κ3) is 5.06. The van der Waals surface area contributed by atoms with Gasteiger partial charge >= 0.3 is 0 Å². The molecule has 0 radical (unpaired) electrons. The number of hydrogen-bond acceptors (Lipinski definition) is 4. The van der Waals surface area contributed by atoms with Crippen molar-refractivity contribution in [3.05, 3.63) is 94.1 Å². The molecule has 0 bridgehead atoms. The molecule has 35 heavy (non-hydrogen) atoms. The third-order valence-electron chi connectivity index (χ3n) is 6.12. The predicted molar refractivity (Wildman–Crippen MR) is 139 cm³/mol. The molecule has 0 atom stereocenters. The normalized spacial score (nSPS) is 17.0. The van der Waals surface area contributed by atoms with E-state index in [-0.39, 0.29) is 18.4 Å². The van der Waals surface area contributed by atoms with Crippen LogP contribution in [0.15, 0.2) is 82.6 Å². The number of carbonyl (C=O) groups is 2. The highest BCUT2D eigenvalue weighted by molar-refractivity contribution is 8.04. The number of thioether (sulfide) groups is 1. The Labute approximate surface area is 212 Å². The van der Waals surface area contributed by atoms with Crippen LogP contribution in [0.2, 0.25) is 5.02 Å². The minimum atomic E-state index is -0.396. The first kappa shape index (κ1) is 23.5. The largest absolute Gasteiger partial charge is 0.368 e. The van der Waals surface area contributed by atoms with Crippen LogP contribution in [0.1, 0.15) is 5.56 Å². The molecule has 1 saturated heterocycles. The number of halogens is 2. The van der Waals surface area contributed by atoms with Gasteiger partial charge in [0.25, 0.3) is 5.91 Å². The van der Waals surface area contributed by atoms with Gasteiger partial charge in [0.2, 0.25) is 5.91 Å². The van der Waals surface area contributed by atoms with Crippen LogP contribution in [0.25, 0.3) is 6.08 Å². The third-order valence-corrected chi connectivity index (χ3v) is 7.44. The van der Waals surface area contributed by atoms with E-state index in [4.69, 9.17) is 11.6 Å². The van der Waals surface area contributed by atoms with Crippen molar-refractivity contribution in [1.29, 1.82) is 0 Å². The predicted octanol–water partition coefficient (Wildman–Crippen LogP) is 5.31. The summed E-state index contributed by atoms with van der Waals surface area (Å²) >= 11 is 7.42. The summed E-state index contributed by atoms with van der Waals surface area (Å²) in [5, 5.41) is 0.681. The first-order valence-corrected chi connectivity index (χ1v) is 12.5. The molecule has 2 aliphatic rings. The van der Waals surface area contributed by atoms with Crippen molar-refractivity contribution in [3.8, 4) is 0 Å². The molecule has 2 amide bonds. The molecule has 0 unspecified atom stereocenters. The van der Waals surface area contributed by atoms with Crippen molar-refractivity contribution in [3.63, 3.8) is 0 Å². The molecular formula is C27H23ClFN3O2S. The van der Waals surface area contributed by atoms with Crippen LogP contribution in [-0.4, -0.2) is 49.4 Å². The van der Waals surface area contributed by atoms with Gasteiger partial charge in [0.05, 0.1) is 10.6 Å². The Bertz CT molecular complexity index is 1310. The molecule has 3 aromatic carbocycles. The number of rotatable bonds is 4. The number of amides is 2. The lowest BCUT2D eigenvalue weighted by molar-refractivity contribution is -0.131. The van der Waals surface area contributed by atoms with E-state index >= 15 is 0 Å². The first-order valence-electron chi connectivity index (χ1n) is 11.3. The van der Waals surface area contributed by atoms with Gasteiger partial charge in [0, 0.05) is 47.3 Å². The Morgan fingerprint density at radius 2 is 1.71 bits per heavy atom. The summed E-state index contributed by atoms with van der Waals surface area (Å²) in [7, 11) is 0. The zero-order valence-electron chi connectivity index (χ0n) is 18.9. The van der Waals surface area contributed by atoms with Crippen LogP contribution in [0, 0.1) is 5.82 Å². The van der Waals surface area contributed by atoms with Gasteiger partial charge in [-0.05, 0) is 42.5 Å². The maximum absolute atomic E-state index is 14.2. The van der Waals surface area contributed by atoms with Gasteiger partial charge in [-0.15, -0.1) is 0 Å². The second kappa shape index (κ2) is 10.1. The van der Waals surface area contributed by atoms with Crippen LogP contribution in [0.5, 0.6) is 0 Å². The van der Waals surface area contributed by atoms with E-state index in [1.165, 1.54) is 22.7 Å². The van der Waals surface area contributed by atoms with Gasteiger partial charge in [-0.25, -0.2) is 4.39 Å². The van der Waals surface area contributed by atoms with Gasteiger partial charge in [0.1, 0.15) is 12.4 Å². The molecule has 5 nitrogen and oxygen atoms in total. The minimum absolute atomic E-state index is 0.0673. The molecule has 0 aliphatic carbocycles. The second-order valence-corrected chi connectivity index (χ2v) is 9.86. The van der Waals surface area contributed by atoms with E-state index in [0.29, 0.717) is 47.4 Å². The maximum atomic E-state index is 14.2. The Morgan fingerprint density at radius 1 is 0.971 bits per heavy atom. The van der Waals surface area contributed by atoms with E-state index in [0.717, 1.165) is 10.6 Å². The van der Waals surface area contributed by atoms with Crippen LogP contribution < -0.4 is 9.80 Å². The number of anilines is 2. The molecule has 2 heterocycles. The molecule has 0 aromatic heterocycles. The fourth-order valence-electron chi connectivity index (χ4n) is 4.27. The van der Waals surface area contributed by atoms with Crippen molar-refractivity contribution >= 4 is 52.6 Å². The average molecular weight is 508 g/mol. The van der Waals surface area contributed by atoms with Crippen molar-refractivity contribution in [1.82, 2.24) is 4.90 Å². The number of benzene rings is 3. The molecule has 0 saturated carbocycles. The SMILES string of the molecule is O=C(CN1C(=O)C(=Cc2ccccc2F)Sc2ccccc21)N1CCN(c2cccc(Cl)c2)CC1. The molecule has 1 fully saturated rings. The topological polar surface area (TPSA) is 43.9 Å². The smallest absolute Gasteiger partial charge is 0.265 e. The lowest BCUT2D eigenvalue weighted by Gasteiger charge is -2.37. The number of para-hydroxylation sites is 1. The van der Waals surface area contributed by atoms with Crippen molar-refractivity contribution in [2.75, 3.05) is 42.5 Å². The van der Waals surface area contributed by atoms with Gasteiger partial charge < -0.3 is 9.80 Å².